The Bertz CT molecular complexity index is 259. The van der Waals surface area contributed by atoms with Crippen LogP contribution in [0.5, 0.6) is 0 Å². The third-order valence-corrected chi connectivity index (χ3v) is 2.60. The first-order chi connectivity index (χ1) is 5.75. The number of carboxylic acids is 1. The van der Waals surface area contributed by atoms with Crippen molar-refractivity contribution in [1.82, 2.24) is 0 Å². The molecule has 0 aromatic heterocycles. The first kappa shape index (κ1) is 19.7. The minimum atomic E-state index is -3.75. The van der Waals surface area contributed by atoms with Gasteiger partial charge in [-0.15, -0.1) is 0 Å². The average molecular weight is 232 g/mol. The molecule has 0 rings (SSSR count). The molecular weight excluding hydrogens is 219 g/mol. The van der Waals surface area contributed by atoms with Gasteiger partial charge in [0.2, 0.25) is 0 Å². The molecule has 5 nitrogen and oxygen atoms in total. The van der Waals surface area contributed by atoms with E-state index in [1.165, 1.54) is 6.92 Å². The third-order valence-electron chi connectivity index (χ3n) is 1.25. The minimum absolute atomic E-state index is 0. The van der Waals surface area contributed by atoms with Crippen LogP contribution < -0.4 is 34.7 Å². The number of carbonyl (C=O) groups excluding carboxylic acids is 1. The van der Waals surface area contributed by atoms with E-state index in [-0.39, 0.29) is 29.6 Å². The Morgan fingerprint density at radius 2 is 1.93 bits per heavy atom. The van der Waals surface area contributed by atoms with Crippen LogP contribution in [0.15, 0.2) is 12.7 Å². The Hall–Kier alpha value is 0.120. The molecule has 0 aliphatic rings. The third kappa shape index (κ3) is 14.6. The Morgan fingerprint density at radius 3 is 1.93 bits per heavy atom. The SMILES string of the molecule is C=CC(=O)[O-].CCC(C)S(=O)(=O)O.[Na+]. The molecule has 0 heterocycles. The maximum atomic E-state index is 10.1. The van der Waals surface area contributed by atoms with Crippen molar-refractivity contribution in [1.29, 1.82) is 0 Å². The molecule has 7 heteroatoms. The zero-order chi connectivity index (χ0) is 11.1. The fourth-order valence-electron chi connectivity index (χ4n) is 0.211. The van der Waals surface area contributed by atoms with Crippen molar-refractivity contribution in [2.45, 2.75) is 25.5 Å². The van der Waals surface area contributed by atoms with Crippen molar-refractivity contribution < 1.29 is 52.4 Å². The van der Waals surface area contributed by atoms with E-state index in [1.54, 1.807) is 6.92 Å². The molecule has 0 bridgehead atoms. The maximum Gasteiger partial charge on any atom is 1.00 e. The normalized spacial score (nSPS) is 11.4. The first-order valence-corrected chi connectivity index (χ1v) is 5.05. The van der Waals surface area contributed by atoms with Crippen LogP contribution in [0.25, 0.3) is 0 Å². The van der Waals surface area contributed by atoms with Gasteiger partial charge in [-0.05, 0) is 19.4 Å². The van der Waals surface area contributed by atoms with E-state index in [2.05, 4.69) is 6.58 Å². The van der Waals surface area contributed by atoms with Crippen molar-refractivity contribution in [3.05, 3.63) is 12.7 Å². The summed E-state index contributed by atoms with van der Waals surface area (Å²) in [5, 5.41) is 8.52. The van der Waals surface area contributed by atoms with Gasteiger partial charge in [0.05, 0.1) is 11.2 Å². The summed E-state index contributed by atoms with van der Waals surface area (Å²) in [6.45, 7) is 6.07. The molecule has 0 aromatic rings. The Balaban J connectivity index is -0.000000177. The molecule has 1 N–H and O–H groups in total. The quantitative estimate of drug-likeness (QED) is 0.311. The Labute approximate surface area is 106 Å². The fourth-order valence-corrected chi connectivity index (χ4v) is 0.632. The number of aliphatic carboxylic acids is 1. The van der Waals surface area contributed by atoms with Crippen LogP contribution in [0.3, 0.4) is 0 Å². The molecule has 0 aliphatic heterocycles. The van der Waals surface area contributed by atoms with Gasteiger partial charge in [0.15, 0.2) is 0 Å². The summed E-state index contributed by atoms with van der Waals surface area (Å²) in [5.41, 5.74) is 0. The molecule has 0 saturated heterocycles. The second kappa shape index (κ2) is 9.67. The summed E-state index contributed by atoms with van der Waals surface area (Å²) < 4.78 is 28.5. The minimum Gasteiger partial charge on any atom is -0.545 e. The number of rotatable bonds is 3. The summed E-state index contributed by atoms with van der Waals surface area (Å²) in [4.78, 5) is 9.14. The number of carboxylic acid groups (broad SMARTS) is 1. The average Bonchev–Trinajstić information content (AvgIpc) is 2.02. The van der Waals surface area contributed by atoms with Gasteiger partial charge in [-0.2, -0.15) is 8.42 Å². The summed E-state index contributed by atoms with van der Waals surface area (Å²) in [6, 6.07) is 0. The summed E-state index contributed by atoms with van der Waals surface area (Å²) in [5.74, 6) is -1.23. The largest absolute Gasteiger partial charge is 1.00 e. The van der Waals surface area contributed by atoms with Crippen LogP contribution in [0.1, 0.15) is 20.3 Å². The number of carbonyl (C=O) groups is 1. The van der Waals surface area contributed by atoms with Gasteiger partial charge < -0.3 is 9.90 Å². The molecule has 1 atom stereocenters. The summed E-state index contributed by atoms with van der Waals surface area (Å²) >= 11 is 0. The molecule has 0 spiro atoms. The van der Waals surface area contributed by atoms with E-state index in [0.29, 0.717) is 6.42 Å². The molecule has 0 fully saturated rings. The van der Waals surface area contributed by atoms with Crippen LogP contribution in [-0.4, -0.2) is 24.2 Å². The predicted molar refractivity (Wildman–Crippen MR) is 46.5 cm³/mol. The summed E-state index contributed by atoms with van der Waals surface area (Å²) in [6.07, 6.45) is 1.18. The fraction of sp³-hybridized carbons (Fsp3) is 0.571. The topological polar surface area (TPSA) is 94.5 Å². The zero-order valence-electron chi connectivity index (χ0n) is 8.56. The van der Waals surface area contributed by atoms with E-state index in [0.717, 1.165) is 6.08 Å². The first-order valence-electron chi connectivity index (χ1n) is 3.55. The molecule has 1 unspecified atom stereocenters. The van der Waals surface area contributed by atoms with Gasteiger partial charge in [-0.25, -0.2) is 0 Å². The van der Waals surface area contributed by atoms with E-state index in [1.807, 2.05) is 0 Å². The zero-order valence-corrected chi connectivity index (χ0v) is 11.4. The Morgan fingerprint density at radius 1 is 1.64 bits per heavy atom. The van der Waals surface area contributed by atoms with E-state index < -0.39 is 21.3 Å². The van der Waals surface area contributed by atoms with Gasteiger partial charge in [0, 0.05) is 0 Å². The molecular formula is C7H13NaO5S. The second-order valence-electron chi connectivity index (χ2n) is 2.26. The molecule has 0 aliphatic carbocycles. The Kier molecular flexibility index (Phi) is 13.6. The molecule has 0 radical (unpaired) electrons. The predicted octanol–water partition coefficient (Wildman–Crippen LogP) is -3.40. The van der Waals surface area contributed by atoms with Crippen LogP contribution in [0.4, 0.5) is 0 Å². The van der Waals surface area contributed by atoms with E-state index in [4.69, 9.17) is 14.5 Å². The van der Waals surface area contributed by atoms with Crippen molar-refractivity contribution in [2.24, 2.45) is 0 Å². The van der Waals surface area contributed by atoms with Crippen molar-refractivity contribution >= 4 is 16.1 Å². The van der Waals surface area contributed by atoms with Crippen molar-refractivity contribution in [3.63, 3.8) is 0 Å². The van der Waals surface area contributed by atoms with Crippen molar-refractivity contribution in [2.75, 3.05) is 0 Å². The van der Waals surface area contributed by atoms with Crippen LogP contribution in [0.2, 0.25) is 0 Å². The summed E-state index contributed by atoms with van der Waals surface area (Å²) in [7, 11) is -3.75. The van der Waals surface area contributed by atoms with Gasteiger partial charge in [-0.1, -0.05) is 13.5 Å². The smallest absolute Gasteiger partial charge is 0.545 e. The number of hydrogen-bond acceptors (Lipinski definition) is 4. The molecule has 14 heavy (non-hydrogen) atoms. The monoisotopic (exact) mass is 232 g/mol. The van der Waals surface area contributed by atoms with E-state index in [9.17, 15) is 8.42 Å². The molecule has 78 valence electrons. The molecule has 0 amide bonds. The number of hydrogen-bond donors (Lipinski definition) is 1. The van der Waals surface area contributed by atoms with Gasteiger partial charge >= 0.3 is 29.6 Å². The maximum absolute atomic E-state index is 10.1. The van der Waals surface area contributed by atoms with Crippen LogP contribution in [-0.2, 0) is 14.9 Å². The second-order valence-corrected chi connectivity index (χ2v) is 4.09. The van der Waals surface area contributed by atoms with Crippen LogP contribution in [0, 0.1) is 0 Å². The van der Waals surface area contributed by atoms with Gasteiger partial charge in [0.25, 0.3) is 10.1 Å². The van der Waals surface area contributed by atoms with Crippen LogP contribution >= 0.6 is 0 Å². The van der Waals surface area contributed by atoms with Gasteiger partial charge in [0.1, 0.15) is 0 Å². The molecule has 0 aromatic carbocycles. The standard InChI is InChI=1S/C4H10O3S.C3H4O2.Na/c1-3-4(2)8(5,6)7;1-2-3(4)5;/h4H,3H2,1-2H3,(H,5,6,7);2H,1H2,(H,4,5);/q;;+1/p-1. The van der Waals surface area contributed by atoms with Crippen molar-refractivity contribution in [3.8, 4) is 0 Å². The van der Waals surface area contributed by atoms with Gasteiger partial charge in [-0.3, -0.25) is 4.55 Å². The molecule has 0 saturated carbocycles. The van der Waals surface area contributed by atoms with E-state index >= 15 is 0 Å².